The smallest absolute Gasteiger partial charge is 0.349 e. The topological polar surface area (TPSA) is 50.5 Å². The van der Waals surface area contributed by atoms with Crippen molar-refractivity contribution >= 4 is 32.8 Å². The van der Waals surface area contributed by atoms with E-state index in [0.717, 1.165) is 22.7 Å². The molecule has 20 heavy (non-hydrogen) atoms. The number of halogens is 1. The molecule has 0 radical (unpaired) electrons. The number of benzene rings is 1. The van der Waals surface area contributed by atoms with Crippen molar-refractivity contribution in [2.75, 3.05) is 13.6 Å². The van der Waals surface area contributed by atoms with Crippen molar-refractivity contribution in [1.82, 2.24) is 4.90 Å². The van der Waals surface area contributed by atoms with Gasteiger partial charge in [-0.2, -0.15) is 0 Å². The summed E-state index contributed by atoms with van der Waals surface area (Å²) in [5.41, 5.74) is -0.0339. The Hall–Kier alpha value is -1.62. The van der Waals surface area contributed by atoms with E-state index in [-0.39, 0.29) is 11.5 Å². The number of amides is 1. The van der Waals surface area contributed by atoms with Crippen molar-refractivity contribution in [2.24, 2.45) is 0 Å². The van der Waals surface area contributed by atoms with Crippen molar-refractivity contribution in [3.63, 3.8) is 0 Å². The number of nitrogens with zero attached hydrogens (tertiary/aromatic N) is 1. The molecule has 0 fully saturated rings. The number of carbonyl (C=O) groups is 1. The van der Waals surface area contributed by atoms with Gasteiger partial charge >= 0.3 is 5.63 Å². The number of hydrogen-bond acceptors (Lipinski definition) is 3. The van der Waals surface area contributed by atoms with Crippen LogP contribution in [0.2, 0.25) is 0 Å². The number of carbonyl (C=O) groups excluding carboxylic acids is 1. The molecule has 0 saturated heterocycles. The van der Waals surface area contributed by atoms with E-state index in [1.165, 1.54) is 0 Å². The SMILES string of the molecule is CCCCN(C)C(=O)c1cc2cc(Br)ccc2oc1=O. The van der Waals surface area contributed by atoms with Crippen LogP contribution < -0.4 is 5.63 Å². The Morgan fingerprint density at radius 1 is 1.35 bits per heavy atom. The molecule has 106 valence electrons. The maximum absolute atomic E-state index is 12.3. The van der Waals surface area contributed by atoms with E-state index in [1.54, 1.807) is 30.1 Å². The fourth-order valence-electron chi connectivity index (χ4n) is 1.95. The molecule has 0 N–H and O–H groups in total. The van der Waals surface area contributed by atoms with Gasteiger partial charge in [0.15, 0.2) is 0 Å². The molecule has 0 saturated carbocycles. The van der Waals surface area contributed by atoms with Gasteiger partial charge in [-0.3, -0.25) is 4.79 Å². The third-order valence-corrected chi connectivity index (χ3v) is 3.61. The van der Waals surface area contributed by atoms with E-state index in [9.17, 15) is 9.59 Å². The molecule has 2 rings (SSSR count). The van der Waals surface area contributed by atoms with Crippen LogP contribution in [-0.2, 0) is 0 Å². The largest absolute Gasteiger partial charge is 0.422 e. The molecule has 0 unspecified atom stereocenters. The van der Waals surface area contributed by atoms with Crippen LogP contribution in [0, 0.1) is 0 Å². The molecule has 0 atom stereocenters. The Balaban J connectivity index is 2.41. The van der Waals surface area contributed by atoms with Crippen LogP contribution in [-0.4, -0.2) is 24.4 Å². The van der Waals surface area contributed by atoms with Gasteiger partial charge < -0.3 is 9.32 Å². The minimum Gasteiger partial charge on any atom is -0.422 e. The van der Waals surface area contributed by atoms with Gasteiger partial charge in [0.2, 0.25) is 0 Å². The zero-order valence-corrected chi connectivity index (χ0v) is 13.1. The van der Waals surface area contributed by atoms with Crippen molar-refractivity contribution in [3.8, 4) is 0 Å². The second-order valence-electron chi connectivity index (χ2n) is 4.71. The Labute approximate surface area is 125 Å². The van der Waals surface area contributed by atoms with Gasteiger partial charge in [0.25, 0.3) is 5.91 Å². The minimum absolute atomic E-state index is 0.0780. The molecule has 0 aliphatic carbocycles. The van der Waals surface area contributed by atoms with Gasteiger partial charge in [-0.15, -0.1) is 0 Å². The average Bonchev–Trinajstić information content (AvgIpc) is 2.43. The second kappa shape index (κ2) is 6.22. The summed E-state index contributed by atoms with van der Waals surface area (Å²) in [4.78, 5) is 25.7. The summed E-state index contributed by atoms with van der Waals surface area (Å²) in [6.07, 6.45) is 1.91. The molecule has 1 heterocycles. The molecule has 5 heteroatoms. The highest BCUT2D eigenvalue weighted by Gasteiger charge is 2.17. The van der Waals surface area contributed by atoms with E-state index in [1.807, 2.05) is 6.07 Å². The fraction of sp³-hybridized carbons (Fsp3) is 0.333. The maximum Gasteiger partial charge on any atom is 0.349 e. The molecule has 1 aromatic heterocycles. The quantitative estimate of drug-likeness (QED) is 0.803. The first-order chi connectivity index (χ1) is 9.52. The standard InChI is InChI=1S/C15H16BrNO3/c1-3-4-7-17(2)14(18)12-9-10-8-11(16)5-6-13(10)20-15(12)19/h5-6,8-9H,3-4,7H2,1-2H3. The zero-order chi connectivity index (χ0) is 14.7. The first-order valence-corrected chi connectivity index (χ1v) is 7.31. The maximum atomic E-state index is 12.3. The summed E-state index contributed by atoms with van der Waals surface area (Å²) >= 11 is 3.36. The summed E-state index contributed by atoms with van der Waals surface area (Å²) in [5, 5.41) is 0.728. The molecule has 0 aliphatic heterocycles. The lowest BCUT2D eigenvalue weighted by molar-refractivity contribution is 0.0789. The van der Waals surface area contributed by atoms with E-state index < -0.39 is 5.63 Å². The monoisotopic (exact) mass is 337 g/mol. The zero-order valence-electron chi connectivity index (χ0n) is 11.5. The van der Waals surface area contributed by atoms with Crippen molar-refractivity contribution in [3.05, 3.63) is 44.7 Å². The second-order valence-corrected chi connectivity index (χ2v) is 5.63. The molecule has 2 aromatic rings. The lowest BCUT2D eigenvalue weighted by Crippen LogP contribution is -2.31. The van der Waals surface area contributed by atoms with Crippen molar-refractivity contribution in [2.45, 2.75) is 19.8 Å². The van der Waals surface area contributed by atoms with E-state index in [2.05, 4.69) is 22.9 Å². The highest BCUT2D eigenvalue weighted by molar-refractivity contribution is 9.10. The number of unbranched alkanes of at least 4 members (excludes halogenated alkanes) is 1. The Bertz CT molecular complexity index is 693. The van der Waals surface area contributed by atoms with E-state index >= 15 is 0 Å². The lowest BCUT2D eigenvalue weighted by atomic mass is 10.1. The highest BCUT2D eigenvalue weighted by atomic mass is 79.9. The van der Waals surface area contributed by atoms with Crippen molar-refractivity contribution in [1.29, 1.82) is 0 Å². The van der Waals surface area contributed by atoms with Crippen molar-refractivity contribution < 1.29 is 9.21 Å². The molecule has 0 spiro atoms. The molecule has 4 nitrogen and oxygen atoms in total. The third-order valence-electron chi connectivity index (χ3n) is 3.12. The Morgan fingerprint density at radius 3 is 2.80 bits per heavy atom. The van der Waals surface area contributed by atoms with Gasteiger partial charge in [0.05, 0.1) is 0 Å². The predicted molar refractivity (Wildman–Crippen MR) is 82.1 cm³/mol. The van der Waals surface area contributed by atoms with Crippen LogP contribution in [0.1, 0.15) is 30.1 Å². The molecule has 0 aliphatic rings. The molecular weight excluding hydrogens is 322 g/mol. The summed E-state index contributed by atoms with van der Waals surface area (Å²) < 4.78 is 6.07. The Kier molecular flexibility index (Phi) is 4.60. The van der Waals surface area contributed by atoms with Gasteiger partial charge in [-0.25, -0.2) is 4.79 Å². The van der Waals surface area contributed by atoms with E-state index in [0.29, 0.717) is 12.1 Å². The predicted octanol–water partition coefficient (Wildman–Crippen LogP) is 3.43. The normalized spacial score (nSPS) is 10.8. The number of fused-ring (bicyclic) bond motifs is 1. The summed E-state index contributed by atoms with van der Waals surface area (Å²) in [7, 11) is 1.70. The van der Waals surface area contributed by atoms with E-state index in [4.69, 9.17) is 4.42 Å². The van der Waals surface area contributed by atoms with Crippen LogP contribution >= 0.6 is 15.9 Å². The summed E-state index contributed by atoms with van der Waals surface area (Å²) in [6, 6.07) is 6.91. The van der Waals surface area contributed by atoms with Gasteiger partial charge in [-0.05, 0) is 30.7 Å². The molecule has 1 amide bonds. The number of hydrogen-bond donors (Lipinski definition) is 0. The summed E-state index contributed by atoms with van der Waals surface area (Å²) in [5.74, 6) is -0.297. The first kappa shape index (κ1) is 14.8. The highest BCUT2D eigenvalue weighted by Crippen LogP contribution is 2.19. The van der Waals surface area contributed by atoms with Crippen LogP contribution in [0.3, 0.4) is 0 Å². The number of rotatable bonds is 4. The molecular formula is C15H16BrNO3. The van der Waals surface area contributed by atoms with Gasteiger partial charge in [0, 0.05) is 23.5 Å². The minimum atomic E-state index is -0.590. The molecule has 1 aromatic carbocycles. The Morgan fingerprint density at radius 2 is 2.10 bits per heavy atom. The van der Waals surface area contributed by atoms with Crippen LogP contribution in [0.5, 0.6) is 0 Å². The fourth-order valence-corrected chi connectivity index (χ4v) is 2.32. The van der Waals surface area contributed by atoms with Gasteiger partial charge in [0.1, 0.15) is 11.1 Å². The van der Waals surface area contributed by atoms with Crippen LogP contribution in [0.4, 0.5) is 0 Å². The van der Waals surface area contributed by atoms with Crippen LogP contribution in [0.25, 0.3) is 11.0 Å². The lowest BCUT2D eigenvalue weighted by Gasteiger charge is -2.16. The molecule has 0 bridgehead atoms. The van der Waals surface area contributed by atoms with Crippen LogP contribution in [0.15, 0.2) is 37.9 Å². The average molecular weight is 338 g/mol. The summed E-state index contributed by atoms with van der Waals surface area (Å²) in [6.45, 7) is 2.69. The van der Waals surface area contributed by atoms with Gasteiger partial charge in [-0.1, -0.05) is 29.3 Å². The first-order valence-electron chi connectivity index (χ1n) is 6.52. The third kappa shape index (κ3) is 3.10.